The normalized spacial score (nSPS) is 9.75. The molecule has 0 saturated carbocycles. The Morgan fingerprint density at radius 1 is 1.12 bits per heavy atom. The quantitative estimate of drug-likeness (QED) is 0.446. The molecule has 80 valence electrons. The van der Waals surface area contributed by atoms with Crippen LogP contribution in [0.3, 0.4) is 0 Å². The molecule has 1 aromatic carbocycles. The van der Waals surface area contributed by atoms with Crippen molar-refractivity contribution in [3.05, 3.63) is 59.4 Å². The summed E-state index contributed by atoms with van der Waals surface area (Å²) in [7, 11) is 0. The van der Waals surface area contributed by atoms with Crippen LogP contribution >= 0.6 is 0 Å². The molecule has 0 aliphatic rings. The number of benzene rings is 1. The van der Waals surface area contributed by atoms with E-state index in [1.807, 2.05) is 0 Å². The number of hydrogen-bond acceptors (Lipinski definition) is 3. The molecule has 0 saturated heterocycles. The van der Waals surface area contributed by atoms with Crippen molar-refractivity contribution in [3.63, 3.8) is 0 Å². The van der Waals surface area contributed by atoms with Gasteiger partial charge in [-0.05, 0) is 18.2 Å². The van der Waals surface area contributed by atoms with Gasteiger partial charge in [-0.25, -0.2) is 0 Å². The minimum absolute atomic E-state index is 0.136. The van der Waals surface area contributed by atoms with Gasteiger partial charge in [-0.3, -0.25) is 4.79 Å². The molecule has 2 rings (SSSR count). The summed E-state index contributed by atoms with van der Waals surface area (Å²) in [5.41, 5.74) is 0.409. The molecule has 0 radical (unpaired) electrons. The fourth-order valence-electron chi connectivity index (χ4n) is 1.28. The molecule has 1 aromatic heterocycles. The van der Waals surface area contributed by atoms with E-state index in [1.54, 1.807) is 36.4 Å². The molecule has 4 heteroatoms. The van der Waals surface area contributed by atoms with Gasteiger partial charge in [0.2, 0.25) is 0 Å². The maximum Gasteiger partial charge on any atom is 0.384 e. The van der Waals surface area contributed by atoms with Crippen LogP contribution in [0.2, 0.25) is 0 Å². The molecule has 4 nitrogen and oxygen atoms in total. The third-order valence-electron chi connectivity index (χ3n) is 2.05. The zero-order chi connectivity index (χ0) is 11.4. The largest absolute Gasteiger partial charge is 0.616 e. The standard InChI is InChI=1S/C12H9NO3/c14-9-10-5-1-2-6-11(10)16-12-7-3-4-8-13(12)15/h1-9H. The Labute approximate surface area is 92.3 Å². The first-order valence-corrected chi connectivity index (χ1v) is 4.71. The summed E-state index contributed by atoms with van der Waals surface area (Å²) < 4.78 is 5.95. The molecular formula is C12H9NO3. The number of para-hydroxylation sites is 1. The van der Waals surface area contributed by atoms with E-state index in [2.05, 4.69) is 0 Å². The highest BCUT2D eigenvalue weighted by molar-refractivity contribution is 5.79. The van der Waals surface area contributed by atoms with Crippen molar-refractivity contribution in [3.8, 4) is 11.6 Å². The third kappa shape index (κ3) is 2.00. The van der Waals surface area contributed by atoms with E-state index in [1.165, 1.54) is 12.3 Å². The fourth-order valence-corrected chi connectivity index (χ4v) is 1.28. The Kier molecular flexibility index (Phi) is 2.82. The van der Waals surface area contributed by atoms with E-state index in [4.69, 9.17) is 4.74 Å². The number of carbonyl (C=O) groups excluding carboxylic acids is 1. The first-order valence-electron chi connectivity index (χ1n) is 4.71. The number of carbonyl (C=O) groups is 1. The van der Waals surface area contributed by atoms with Crippen molar-refractivity contribution in [2.75, 3.05) is 0 Å². The first kappa shape index (κ1) is 10.2. The molecule has 0 unspecified atom stereocenters. The lowest BCUT2D eigenvalue weighted by atomic mass is 10.2. The van der Waals surface area contributed by atoms with Gasteiger partial charge in [0, 0.05) is 6.07 Å². The molecule has 0 bridgehead atoms. The molecule has 0 N–H and O–H groups in total. The zero-order valence-electron chi connectivity index (χ0n) is 8.37. The van der Waals surface area contributed by atoms with Crippen LogP contribution < -0.4 is 9.47 Å². The predicted octanol–water partition coefficient (Wildman–Crippen LogP) is 1.92. The Balaban J connectivity index is 2.34. The van der Waals surface area contributed by atoms with Crippen LogP contribution in [0.4, 0.5) is 0 Å². The van der Waals surface area contributed by atoms with Crippen LogP contribution in [-0.4, -0.2) is 6.29 Å². The van der Waals surface area contributed by atoms with Crippen LogP contribution in [0.25, 0.3) is 0 Å². The SMILES string of the molecule is O=Cc1ccccc1Oc1cccc[n+]1[O-]. The summed E-state index contributed by atoms with van der Waals surface area (Å²) in [6.07, 6.45) is 2.02. The first-order chi connectivity index (χ1) is 7.81. The molecule has 0 spiro atoms. The number of ether oxygens (including phenoxy) is 1. The van der Waals surface area contributed by atoms with Gasteiger partial charge in [0.1, 0.15) is 5.75 Å². The Bertz CT molecular complexity index is 511. The average molecular weight is 215 g/mol. The van der Waals surface area contributed by atoms with Crippen molar-refractivity contribution in [1.29, 1.82) is 0 Å². The topological polar surface area (TPSA) is 53.2 Å². The lowest BCUT2D eigenvalue weighted by Gasteiger charge is -2.06. The minimum Gasteiger partial charge on any atom is -0.616 e. The maximum absolute atomic E-state index is 11.3. The Morgan fingerprint density at radius 2 is 1.88 bits per heavy atom. The van der Waals surface area contributed by atoms with Crippen LogP contribution in [-0.2, 0) is 0 Å². The Hall–Kier alpha value is -2.36. The van der Waals surface area contributed by atoms with Crippen LogP contribution in [0.15, 0.2) is 48.7 Å². The lowest BCUT2D eigenvalue weighted by Crippen LogP contribution is -2.26. The lowest BCUT2D eigenvalue weighted by molar-refractivity contribution is -0.611. The van der Waals surface area contributed by atoms with Crippen LogP contribution in [0.5, 0.6) is 11.6 Å². The monoisotopic (exact) mass is 215 g/mol. The second kappa shape index (κ2) is 4.44. The average Bonchev–Trinajstić information content (AvgIpc) is 2.33. The number of aromatic nitrogens is 1. The van der Waals surface area contributed by atoms with Crippen molar-refractivity contribution in [2.45, 2.75) is 0 Å². The number of rotatable bonds is 3. The molecule has 0 atom stereocenters. The van der Waals surface area contributed by atoms with Crippen molar-refractivity contribution in [1.82, 2.24) is 0 Å². The predicted molar refractivity (Wildman–Crippen MR) is 57.3 cm³/mol. The van der Waals surface area contributed by atoms with Gasteiger partial charge in [0.15, 0.2) is 12.5 Å². The summed E-state index contributed by atoms with van der Waals surface area (Å²) in [5, 5.41) is 11.3. The highest BCUT2D eigenvalue weighted by Gasteiger charge is 2.08. The van der Waals surface area contributed by atoms with Crippen LogP contribution in [0, 0.1) is 5.21 Å². The van der Waals surface area contributed by atoms with Gasteiger partial charge in [-0.2, -0.15) is 0 Å². The Morgan fingerprint density at radius 3 is 2.62 bits per heavy atom. The number of aldehydes is 1. The molecule has 2 aromatic rings. The van der Waals surface area contributed by atoms with E-state index in [9.17, 15) is 10.0 Å². The zero-order valence-corrected chi connectivity index (χ0v) is 8.37. The van der Waals surface area contributed by atoms with Crippen LogP contribution in [0.1, 0.15) is 10.4 Å². The molecule has 0 aliphatic heterocycles. The summed E-state index contributed by atoms with van der Waals surface area (Å²) in [6, 6.07) is 11.6. The second-order valence-corrected chi connectivity index (χ2v) is 3.12. The number of pyridine rings is 1. The van der Waals surface area contributed by atoms with Gasteiger partial charge >= 0.3 is 5.88 Å². The second-order valence-electron chi connectivity index (χ2n) is 3.12. The minimum atomic E-state index is 0.136. The summed E-state index contributed by atoms with van der Waals surface area (Å²) in [4.78, 5) is 10.7. The van der Waals surface area contributed by atoms with Gasteiger partial charge in [-0.1, -0.05) is 12.1 Å². The van der Waals surface area contributed by atoms with E-state index in [-0.39, 0.29) is 5.88 Å². The number of nitrogens with zero attached hydrogens (tertiary/aromatic N) is 1. The van der Waals surface area contributed by atoms with Gasteiger partial charge < -0.3 is 9.94 Å². The van der Waals surface area contributed by atoms with E-state index in [0.717, 1.165) is 0 Å². The van der Waals surface area contributed by atoms with E-state index in [0.29, 0.717) is 22.3 Å². The molecule has 0 aliphatic carbocycles. The summed E-state index contributed by atoms with van der Waals surface area (Å²) in [6.45, 7) is 0. The molecule has 1 heterocycles. The van der Waals surface area contributed by atoms with Crippen molar-refractivity contribution in [2.24, 2.45) is 0 Å². The summed E-state index contributed by atoms with van der Waals surface area (Å²) >= 11 is 0. The number of hydrogen-bond donors (Lipinski definition) is 0. The van der Waals surface area contributed by atoms with E-state index >= 15 is 0 Å². The van der Waals surface area contributed by atoms with Gasteiger partial charge in [0.25, 0.3) is 0 Å². The molecular weight excluding hydrogens is 206 g/mol. The van der Waals surface area contributed by atoms with Gasteiger partial charge in [0.05, 0.1) is 11.6 Å². The smallest absolute Gasteiger partial charge is 0.384 e. The van der Waals surface area contributed by atoms with Crippen molar-refractivity contribution >= 4 is 6.29 Å². The highest BCUT2D eigenvalue weighted by Crippen LogP contribution is 2.21. The maximum atomic E-state index is 11.3. The molecule has 0 amide bonds. The highest BCUT2D eigenvalue weighted by atomic mass is 16.6. The fraction of sp³-hybridized carbons (Fsp3) is 0. The third-order valence-corrected chi connectivity index (χ3v) is 2.05. The van der Waals surface area contributed by atoms with E-state index < -0.39 is 0 Å². The molecule has 16 heavy (non-hydrogen) atoms. The van der Waals surface area contributed by atoms with Gasteiger partial charge in [-0.15, -0.1) is 4.73 Å². The summed E-state index contributed by atoms with van der Waals surface area (Å²) in [5.74, 6) is 0.505. The molecule has 0 fully saturated rings. The van der Waals surface area contributed by atoms with Crippen molar-refractivity contribution < 1.29 is 14.3 Å².